The number of Topliss-reactive ketones (excluding diaryl/α,β-unsaturated/α-hetero) is 1. The summed E-state index contributed by atoms with van der Waals surface area (Å²) in [5.41, 5.74) is 3.25. The second kappa shape index (κ2) is 5.26. The maximum absolute atomic E-state index is 11.4. The minimum atomic E-state index is -0.550. The largest absolute Gasteiger partial charge is 0.387 e. The lowest BCUT2D eigenvalue weighted by Gasteiger charge is -2.32. The van der Waals surface area contributed by atoms with Crippen molar-refractivity contribution in [1.29, 1.82) is 0 Å². The fraction of sp³-hybridized carbons (Fsp3) is 0.312. The molecule has 1 unspecified atom stereocenters. The van der Waals surface area contributed by atoms with Crippen molar-refractivity contribution in [3.63, 3.8) is 0 Å². The van der Waals surface area contributed by atoms with Gasteiger partial charge in [-0.2, -0.15) is 0 Å². The van der Waals surface area contributed by atoms with E-state index in [0.29, 0.717) is 30.3 Å². The van der Waals surface area contributed by atoms with E-state index in [9.17, 15) is 9.90 Å². The number of aryl methyl sites for hydroxylation is 1. The van der Waals surface area contributed by atoms with Gasteiger partial charge < -0.3 is 10.0 Å². The highest BCUT2D eigenvalue weighted by Gasteiger charge is 2.25. The van der Waals surface area contributed by atoms with Crippen LogP contribution in [-0.4, -0.2) is 27.4 Å². The van der Waals surface area contributed by atoms with Crippen LogP contribution >= 0.6 is 0 Å². The van der Waals surface area contributed by atoms with Crippen molar-refractivity contribution in [3.05, 3.63) is 52.8 Å². The topological polar surface area (TPSA) is 66.3 Å². The predicted octanol–water partition coefficient (Wildman–Crippen LogP) is 2.04. The first-order chi connectivity index (χ1) is 10.1. The van der Waals surface area contributed by atoms with E-state index in [2.05, 4.69) is 9.97 Å². The molecule has 21 heavy (non-hydrogen) atoms. The molecule has 0 amide bonds. The smallest absolute Gasteiger partial charge is 0.225 e. The summed E-state index contributed by atoms with van der Waals surface area (Å²) in [6.07, 6.45) is 1.01. The van der Waals surface area contributed by atoms with Gasteiger partial charge in [-0.05, 0) is 25.0 Å². The molecule has 5 heteroatoms. The van der Waals surface area contributed by atoms with Gasteiger partial charge in [0.2, 0.25) is 5.95 Å². The molecule has 3 rings (SSSR count). The Bertz CT molecular complexity index is 700. The molecule has 0 fully saturated rings. The Hall–Kier alpha value is -2.27. The normalized spacial score (nSPS) is 17.5. The molecule has 1 atom stereocenters. The first-order valence-electron chi connectivity index (χ1n) is 6.91. The third-order valence-corrected chi connectivity index (χ3v) is 3.80. The van der Waals surface area contributed by atoms with Gasteiger partial charge in [0.1, 0.15) is 0 Å². The van der Waals surface area contributed by atoms with Gasteiger partial charge >= 0.3 is 0 Å². The summed E-state index contributed by atoms with van der Waals surface area (Å²) in [4.78, 5) is 22.1. The summed E-state index contributed by atoms with van der Waals surface area (Å²) >= 11 is 0. The summed E-state index contributed by atoms with van der Waals surface area (Å²) in [6.45, 7) is 4.42. The van der Waals surface area contributed by atoms with Gasteiger partial charge in [-0.25, -0.2) is 9.97 Å². The standard InChI is InChI=1S/C16H17N3O2/c1-10-14(11(2)20)7-17-16(18-10)19-8-12-5-3-4-6-13(12)15(21)9-19/h3-7,15,21H,8-9H2,1-2H3. The van der Waals surface area contributed by atoms with Gasteiger partial charge in [0.15, 0.2) is 5.78 Å². The molecule has 2 heterocycles. The SMILES string of the molecule is CC(=O)c1cnc(N2Cc3ccccc3C(O)C2)nc1C. The minimum Gasteiger partial charge on any atom is -0.387 e. The lowest BCUT2D eigenvalue weighted by molar-refractivity contribution is 0.101. The van der Waals surface area contributed by atoms with E-state index in [1.54, 1.807) is 13.1 Å². The third kappa shape index (κ3) is 2.52. The van der Waals surface area contributed by atoms with Crippen LogP contribution < -0.4 is 4.90 Å². The molecule has 1 aromatic carbocycles. The van der Waals surface area contributed by atoms with Gasteiger partial charge in [-0.3, -0.25) is 4.79 Å². The predicted molar refractivity (Wildman–Crippen MR) is 79.2 cm³/mol. The van der Waals surface area contributed by atoms with Gasteiger partial charge in [0.25, 0.3) is 0 Å². The molecule has 0 saturated heterocycles. The van der Waals surface area contributed by atoms with E-state index in [0.717, 1.165) is 11.1 Å². The highest BCUT2D eigenvalue weighted by atomic mass is 16.3. The number of ketones is 1. The zero-order valence-electron chi connectivity index (χ0n) is 12.1. The summed E-state index contributed by atoms with van der Waals surface area (Å²) in [5.74, 6) is 0.508. The highest BCUT2D eigenvalue weighted by molar-refractivity contribution is 5.94. The van der Waals surface area contributed by atoms with Crippen molar-refractivity contribution in [2.24, 2.45) is 0 Å². The number of aliphatic hydroxyl groups is 1. The Balaban J connectivity index is 1.93. The van der Waals surface area contributed by atoms with Crippen molar-refractivity contribution in [2.45, 2.75) is 26.5 Å². The number of aliphatic hydroxyl groups excluding tert-OH is 1. The number of β-amino-alcohol motifs (C(OH)–C–C–N with tert-alkyl or cyclic N) is 1. The number of hydrogen-bond acceptors (Lipinski definition) is 5. The highest BCUT2D eigenvalue weighted by Crippen LogP contribution is 2.28. The van der Waals surface area contributed by atoms with Crippen molar-refractivity contribution in [2.75, 3.05) is 11.4 Å². The van der Waals surface area contributed by atoms with Gasteiger partial charge in [0, 0.05) is 12.7 Å². The van der Waals surface area contributed by atoms with Crippen molar-refractivity contribution in [3.8, 4) is 0 Å². The lowest BCUT2D eigenvalue weighted by atomic mass is 9.98. The molecule has 0 radical (unpaired) electrons. The van der Waals surface area contributed by atoms with Crippen LogP contribution in [0.2, 0.25) is 0 Å². The summed E-state index contributed by atoms with van der Waals surface area (Å²) in [6, 6.07) is 7.84. The molecule has 0 bridgehead atoms. The Morgan fingerprint density at radius 3 is 2.86 bits per heavy atom. The molecule has 108 valence electrons. The molecule has 1 aromatic heterocycles. The fourth-order valence-corrected chi connectivity index (χ4v) is 2.69. The van der Waals surface area contributed by atoms with E-state index in [-0.39, 0.29) is 5.78 Å². The zero-order valence-corrected chi connectivity index (χ0v) is 12.1. The molecule has 0 spiro atoms. The van der Waals surface area contributed by atoms with Gasteiger partial charge in [-0.15, -0.1) is 0 Å². The van der Waals surface area contributed by atoms with Crippen LogP contribution in [0.4, 0.5) is 5.95 Å². The molecule has 1 aliphatic rings. The second-order valence-corrected chi connectivity index (χ2v) is 5.32. The number of hydrogen-bond donors (Lipinski definition) is 1. The molecule has 1 aliphatic heterocycles. The average molecular weight is 283 g/mol. The number of benzene rings is 1. The summed E-state index contributed by atoms with van der Waals surface area (Å²) < 4.78 is 0. The quantitative estimate of drug-likeness (QED) is 0.854. The Morgan fingerprint density at radius 2 is 2.14 bits per heavy atom. The Morgan fingerprint density at radius 1 is 1.38 bits per heavy atom. The minimum absolute atomic E-state index is 0.0388. The molecular weight excluding hydrogens is 266 g/mol. The van der Waals surface area contributed by atoms with Crippen LogP contribution in [0, 0.1) is 6.92 Å². The van der Waals surface area contributed by atoms with E-state index >= 15 is 0 Å². The van der Waals surface area contributed by atoms with E-state index in [4.69, 9.17) is 0 Å². The number of anilines is 1. The van der Waals surface area contributed by atoms with Crippen molar-refractivity contribution < 1.29 is 9.90 Å². The molecule has 1 N–H and O–H groups in total. The number of carbonyl (C=O) groups is 1. The molecule has 2 aromatic rings. The first kappa shape index (κ1) is 13.7. The maximum Gasteiger partial charge on any atom is 0.225 e. The van der Waals surface area contributed by atoms with Crippen molar-refractivity contribution in [1.82, 2.24) is 9.97 Å². The molecular formula is C16H17N3O2. The number of rotatable bonds is 2. The zero-order chi connectivity index (χ0) is 15.0. The Kier molecular flexibility index (Phi) is 3.43. The maximum atomic E-state index is 11.4. The number of fused-ring (bicyclic) bond motifs is 1. The van der Waals surface area contributed by atoms with E-state index < -0.39 is 6.10 Å². The van der Waals surface area contributed by atoms with Crippen LogP contribution in [0.25, 0.3) is 0 Å². The van der Waals surface area contributed by atoms with E-state index in [1.807, 2.05) is 29.2 Å². The second-order valence-electron chi connectivity index (χ2n) is 5.32. The lowest BCUT2D eigenvalue weighted by Crippen LogP contribution is -2.35. The number of carbonyl (C=O) groups excluding carboxylic acids is 1. The third-order valence-electron chi connectivity index (χ3n) is 3.80. The van der Waals surface area contributed by atoms with Crippen LogP contribution in [0.1, 0.15) is 40.2 Å². The van der Waals surface area contributed by atoms with E-state index in [1.165, 1.54) is 6.92 Å². The molecule has 0 saturated carbocycles. The van der Waals surface area contributed by atoms with Crippen LogP contribution in [0.3, 0.4) is 0 Å². The monoisotopic (exact) mass is 283 g/mol. The van der Waals surface area contributed by atoms with Crippen LogP contribution in [-0.2, 0) is 6.54 Å². The van der Waals surface area contributed by atoms with Crippen LogP contribution in [0.5, 0.6) is 0 Å². The number of nitrogens with zero attached hydrogens (tertiary/aromatic N) is 3. The summed E-state index contributed by atoms with van der Waals surface area (Å²) in [5, 5.41) is 10.3. The van der Waals surface area contributed by atoms with Crippen LogP contribution in [0.15, 0.2) is 30.5 Å². The fourth-order valence-electron chi connectivity index (χ4n) is 2.69. The molecule has 5 nitrogen and oxygen atoms in total. The number of aromatic nitrogens is 2. The van der Waals surface area contributed by atoms with Gasteiger partial charge in [-0.1, -0.05) is 24.3 Å². The molecule has 0 aliphatic carbocycles. The first-order valence-corrected chi connectivity index (χ1v) is 6.91. The van der Waals surface area contributed by atoms with Crippen molar-refractivity contribution >= 4 is 11.7 Å². The average Bonchev–Trinajstić information content (AvgIpc) is 2.46. The summed E-state index contributed by atoms with van der Waals surface area (Å²) in [7, 11) is 0. The Labute approximate surface area is 123 Å². The van der Waals surface area contributed by atoms with Gasteiger partial charge in [0.05, 0.1) is 23.9 Å².